The summed E-state index contributed by atoms with van der Waals surface area (Å²) < 4.78 is 26.4. The molecule has 9 nitrogen and oxygen atoms in total. The van der Waals surface area contributed by atoms with Crippen molar-refractivity contribution in [2.24, 2.45) is 5.41 Å². The number of benzene rings is 1. The van der Waals surface area contributed by atoms with Crippen molar-refractivity contribution in [3.63, 3.8) is 0 Å². The van der Waals surface area contributed by atoms with Crippen molar-refractivity contribution in [1.82, 2.24) is 25.3 Å². The summed E-state index contributed by atoms with van der Waals surface area (Å²) in [5, 5.41) is 18.1. The van der Waals surface area contributed by atoms with Crippen molar-refractivity contribution in [2.75, 3.05) is 23.4 Å². The van der Waals surface area contributed by atoms with E-state index < -0.39 is 9.84 Å². The molecule has 180 valence electrons. The monoisotopic (exact) mass is 482 g/mol. The highest BCUT2D eigenvalue weighted by Gasteiger charge is 2.34. The van der Waals surface area contributed by atoms with Crippen LogP contribution in [0.1, 0.15) is 53.6 Å². The molecule has 1 fully saturated rings. The number of nitrogens with zero attached hydrogens (tertiary/aromatic N) is 3. The molecule has 0 bridgehead atoms. The van der Waals surface area contributed by atoms with Gasteiger partial charge in [0.1, 0.15) is 0 Å². The second kappa shape index (κ2) is 8.66. The standard InChI is InChI=1S/C24H30N6O3S/c1-24(2)9-8-18-19(12-24)28-29-21(18)23(31)27-17-13-26-30(14-17)22(16-6-4-3-5-7-16)20-15-34(32,33)11-10-25-20/h3-7,13-14,20,22,25H,8-12,15H2,1-2H3,(H,27,31)(H,28,29). The molecule has 2 aliphatic rings. The number of anilines is 1. The molecule has 2 unspecified atom stereocenters. The number of carbonyl (C=O) groups excluding carboxylic acids is 1. The Morgan fingerprint density at radius 1 is 1.26 bits per heavy atom. The van der Waals surface area contributed by atoms with Crippen molar-refractivity contribution in [1.29, 1.82) is 0 Å². The molecule has 1 aromatic carbocycles. The van der Waals surface area contributed by atoms with Crippen LogP contribution in [0.5, 0.6) is 0 Å². The van der Waals surface area contributed by atoms with Crippen LogP contribution < -0.4 is 10.6 Å². The first-order valence-electron chi connectivity index (χ1n) is 11.6. The first kappa shape index (κ1) is 22.8. The Bertz CT molecular complexity index is 1300. The molecule has 0 saturated carbocycles. The molecule has 5 rings (SSSR count). The van der Waals surface area contributed by atoms with Crippen LogP contribution in [0, 0.1) is 5.41 Å². The van der Waals surface area contributed by atoms with Gasteiger partial charge in [-0.3, -0.25) is 14.6 Å². The van der Waals surface area contributed by atoms with Gasteiger partial charge in [-0.1, -0.05) is 44.2 Å². The number of nitrogens with one attached hydrogen (secondary N) is 3. The van der Waals surface area contributed by atoms with Gasteiger partial charge in [0.05, 0.1) is 29.4 Å². The van der Waals surface area contributed by atoms with Crippen molar-refractivity contribution >= 4 is 21.4 Å². The summed E-state index contributed by atoms with van der Waals surface area (Å²) in [6, 6.07) is 9.04. The molecule has 3 heterocycles. The third-order valence-electron chi connectivity index (χ3n) is 6.79. The molecule has 3 aromatic rings. The average molecular weight is 483 g/mol. The van der Waals surface area contributed by atoms with Gasteiger partial charge in [-0.2, -0.15) is 10.2 Å². The van der Waals surface area contributed by atoms with E-state index in [-0.39, 0.29) is 34.9 Å². The largest absolute Gasteiger partial charge is 0.318 e. The second-order valence-corrected chi connectivity index (χ2v) is 12.3. The van der Waals surface area contributed by atoms with E-state index in [1.807, 2.05) is 30.3 Å². The van der Waals surface area contributed by atoms with Crippen LogP contribution in [0.4, 0.5) is 5.69 Å². The Labute approximate surface area is 199 Å². The Kier molecular flexibility index (Phi) is 5.81. The fourth-order valence-electron chi connectivity index (χ4n) is 5.02. The van der Waals surface area contributed by atoms with E-state index in [0.717, 1.165) is 36.1 Å². The lowest BCUT2D eigenvalue weighted by Crippen LogP contribution is -2.50. The lowest BCUT2D eigenvalue weighted by Gasteiger charge is -2.31. The van der Waals surface area contributed by atoms with Gasteiger partial charge in [0.25, 0.3) is 5.91 Å². The summed E-state index contributed by atoms with van der Waals surface area (Å²) in [5.74, 6) is -0.105. The molecular weight excluding hydrogens is 452 g/mol. The number of hydrogen-bond donors (Lipinski definition) is 3. The van der Waals surface area contributed by atoms with Gasteiger partial charge in [0, 0.05) is 30.0 Å². The summed E-state index contributed by atoms with van der Waals surface area (Å²) >= 11 is 0. The molecule has 0 spiro atoms. The average Bonchev–Trinajstić information content (AvgIpc) is 3.40. The van der Waals surface area contributed by atoms with Crippen LogP contribution >= 0.6 is 0 Å². The molecule has 2 aromatic heterocycles. The van der Waals surface area contributed by atoms with E-state index in [1.54, 1.807) is 17.1 Å². The van der Waals surface area contributed by atoms with Gasteiger partial charge < -0.3 is 10.6 Å². The van der Waals surface area contributed by atoms with Crippen LogP contribution in [0.25, 0.3) is 0 Å². The lowest BCUT2D eigenvalue weighted by atomic mass is 9.76. The van der Waals surface area contributed by atoms with E-state index in [9.17, 15) is 13.2 Å². The highest BCUT2D eigenvalue weighted by Crippen LogP contribution is 2.35. The van der Waals surface area contributed by atoms with Gasteiger partial charge >= 0.3 is 0 Å². The Balaban J connectivity index is 1.38. The van der Waals surface area contributed by atoms with Gasteiger partial charge in [-0.05, 0) is 30.2 Å². The molecule has 34 heavy (non-hydrogen) atoms. The van der Waals surface area contributed by atoms with Crippen molar-refractivity contribution in [3.8, 4) is 0 Å². The molecule has 1 amide bonds. The number of rotatable bonds is 5. The zero-order chi connectivity index (χ0) is 23.9. The molecule has 1 saturated heterocycles. The SMILES string of the molecule is CC1(C)CCc2c(C(=O)Nc3cnn(C(c4ccccc4)C4CS(=O)(=O)CCN4)c3)n[nH]c2C1. The van der Waals surface area contributed by atoms with E-state index >= 15 is 0 Å². The highest BCUT2D eigenvalue weighted by molar-refractivity contribution is 7.91. The molecule has 2 atom stereocenters. The molecule has 0 radical (unpaired) electrons. The normalized spacial score (nSPS) is 22.0. The van der Waals surface area contributed by atoms with Crippen molar-refractivity contribution < 1.29 is 13.2 Å². The maximum atomic E-state index is 13.0. The first-order valence-corrected chi connectivity index (χ1v) is 13.4. The van der Waals surface area contributed by atoms with E-state index in [2.05, 4.69) is 39.8 Å². The third kappa shape index (κ3) is 4.65. The molecule has 1 aliphatic heterocycles. The Morgan fingerprint density at radius 3 is 2.82 bits per heavy atom. The predicted octanol–water partition coefficient (Wildman–Crippen LogP) is 2.35. The van der Waals surface area contributed by atoms with E-state index in [0.29, 0.717) is 17.9 Å². The molecular formula is C24H30N6O3S. The fraction of sp³-hybridized carbons (Fsp3) is 0.458. The minimum atomic E-state index is -3.14. The minimum absolute atomic E-state index is 0.0316. The number of sulfone groups is 1. The predicted molar refractivity (Wildman–Crippen MR) is 130 cm³/mol. The van der Waals surface area contributed by atoms with Crippen LogP contribution in [0.3, 0.4) is 0 Å². The third-order valence-corrected chi connectivity index (χ3v) is 8.49. The minimum Gasteiger partial charge on any atom is -0.318 e. The zero-order valence-electron chi connectivity index (χ0n) is 19.4. The summed E-state index contributed by atoms with van der Waals surface area (Å²) in [7, 11) is -3.14. The van der Waals surface area contributed by atoms with E-state index in [1.165, 1.54) is 0 Å². The smallest absolute Gasteiger partial charge is 0.276 e. The second-order valence-electron chi connectivity index (χ2n) is 10.1. The molecule has 1 aliphatic carbocycles. The number of H-pyrrole nitrogens is 1. The Hall–Kier alpha value is -2.98. The maximum Gasteiger partial charge on any atom is 0.276 e. The van der Waals surface area contributed by atoms with Crippen LogP contribution in [0.2, 0.25) is 0 Å². The topological polar surface area (TPSA) is 122 Å². The zero-order valence-corrected chi connectivity index (χ0v) is 20.2. The summed E-state index contributed by atoms with van der Waals surface area (Å²) in [5.41, 5.74) is 4.13. The van der Waals surface area contributed by atoms with Crippen LogP contribution in [-0.2, 0) is 22.7 Å². The number of fused-ring (bicyclic) bond motifs is 1. The summed E-state index contributed by atoms with van der Waals surface area (Å²) in [6.07, 6.45) is 6.04. The quantitative estimate of drug-likeness (QED) is 0.513. The lowest BCUT2D eigenvalue weighted by molar-refractivity contribution is 0.102. The number of aromatic amines is 1. The first-order chi connectivity index (χ1) is 16.2. The summed E-state index contributed by atoms with van der Waals surface area (Å²) in [6.45, 7) is 4.85. The van der Waals surface area contributed by atoms with Gasteiger partial charge in [0.15, 0.2) is 15.5 Å². The number of aromatic nitrogens is 4. The van der Waals surface area contributed by atoms with Crippen LogP contribution in [0.15, 0.2) is 42.7 Å². The van der Waals surface area contributed by atoms with Gasteiger partial charge in [-0.15, -0.1) is 0 Å². The maximum absolute atomic E-state index is 13.0. The van der Waals surface area contributed by atoms with E-state index in [4.69, 9.17) is 0 Å². The Morgan fingerprint density at radius 2 is 2.06 bits per heavy atom. The fourth-order valence-corrected chi connectivity index (χ4v) is 6.46. The van der Waals surface area contributed by atoms with Crippen LogP contribution in [-0.4, -0.2) is 58.4 Å². The summed E-state index contributed by atoms with van der Waals surface area (Å²) in [4.78, 5) is 13.0. The number of carbonyl (C=O) groups is 1. The number of hydrogen-bond acceptors (Lipinski definition) is 6. The van der Waals surface area contributed by atoms with Crippen molar-refractivity contribution in [3.05, 3.63) is 65.2 Å². The molecule has 3 N–H and O–H groups in total. The highest BCUT2D eigenvalue weighted by atomic mass is 32.2. The van der Waals surface area contributed by atoms with Gasteiger partial charge in [0.2, 0.25) is 0 Å². The molecule has 10 heteroatoms. The van der Waals surface area contributed by atoms with Crippen molar-refractivity contribution in [2.45, 2.75) is 45.2 Å². The number of amides is 1. The van der Waals surface area contributed by atoms with Gasteiger partial charge in [-0.25, -0.2) is 8.42 Å².